The smallest absolute Gasteiger partial charge is 0.213 e. The van der Waals surface area contributed by atoms with Gasteiger partial charge in [0.1, 0.15) is 23.5 Å². The molecule has 0 radical (unpaired) electrons. The largest absolute Gasteiger partial charge is 0.474 e. The summed E-state index contributed by atoms with van der Waals surface area (Å²) in [5, 5.41) is 13.6. The van der Waals surface area contributed by atoms with Crippen molar-refractivity contribution in [2.24, 2.45) is 0 Å². The van der Waals surface area contributed by atoms with Crippen molar-refractivity contribution in [2.75, 3.05) is 0 Å². The highest BCUT2D eigenvalue weighted by Gasteiger charge is 2.29. The van der Waals surface area contributed by atoms with E-state index < -0.39 is 0 Å². The summed E-state index contributed by atoms with van der Waals surface area (Å²) in [7, 11) is 0. The maximum Gasteiger partial charge on any atom is 0.213 e. The van der Waals surface area contributed by atoms with Crippen molar-refractivity contribution >= 4 is 11.6 Å². The fourth-order valence-electron chi connectivity index (χ4n) is 4.10. The first-order valence-electron chi connectivity index (χ1n) is 10.4. The Hall–Kier alpha value is -3.19. The molecule has 7 nitrogen and oxygen atoms in total. The number of halogens is 1. The zero-order chi connectivity index (χ0) is 21.0. The van der Waals surface area contributed by atoms with E-state index in [4.69, 9.17) is 20.9 Å². The molecule has 158 valence electrons. The highest BCUT2D eigenvalue weighted by atomic mass is 35.5. The van der Waals surface area contributed by atoms with Crippen LogP contribution in [0.4, 0.5) is 0 Å². The SMILES string of the molecule is Clc1ccc(-n2c(Cc3ccno3)nnc2C2CCC(Oc3ccccn3)CC2)cc1. The summed E-state index contributed by atoms with van der Waals surface area (Å²) in [6.07, 6.45) is 7.95. The van der Waals surface area contributed by atoms with Crippen LogP contribution in [-0.4, -0.2) is 31.0 Å². The van der Waals surface area contributed by atoms with Crippen molar-refractivity contribution in [3.63, 3.8) is 0 Å². The Kier molecular flexibility index (Phi) is 5.67. The monoisotopic (exact) mass is 435 g/mol. The molecule has 0 amide bonds. The molecule has 1 aliphatic carbocycles. The molecule has 5 rings (SSSR count). The van der Waals surface area contributed by atoms with E-state index in [2.05, 4.69) is 24.9 Å². The van der Waals surface area contributed by atoms with Crippen molar-refractivity contribution in [3.05, 3.63) is 83.4 Å². The molecule has 0 aliphatic heterocycles. The van der Waals surface area contributed by atoms with Gasteiger partial charge in [-0.1, -0.05) is 22.8 Å². The minimum absolute atomic E-state index is 0.173. The zero-order valence-corrected chi connectivity index (χ0v) is 17.7. The van der Waals surface area contributed by atoms with E-state index in [9.17, 15) is 0 Å². The number of aromatic nitrogens is 5. The average Bonchev–Trinajstić information content (AvgIpc) is 3.46. The van der Waals surface area contributed by atoms with Gasteiger partial charge in [0.25, 0.3) is 0 Å². The van der Waals surface area contributed by atoms with Crippen molar-refractivity contribution < 1.29 is 9.26 Å². The van der Waals surface area contributed by atoms with Crippen LogP contribution in [0.15, 0.2) is 65.4 Å². The van der Waals surface area contributed by atoms with Crippen LogP contribution < -0.4 is 4.74 Å². The summed E-state index contributed by atoms with van der Waals surface area (Å²) >= 11 is 6.12. The van der Waals surface area contributed by atoms with E-state index in [1.165, 1.54) is 0 Å². The molecule has 0 atom stereocenters. The van der Waals surface area contributed by atoms with Gasteiger partial charge in [0.05, 0.1) is 12.6 Å². The Bertz CT molecular complexity index is 1100. The molecule has 4 aromatic rings. The molecule has 8 heteroatoms. The molecule has 0 bridgehead atoms. The highest BCUT2D eigenvalue weighted by Crippen LogP contribution is 2.35. The lowest BCUT2D eigenvalue weighted by atomic mass is 9.86. The van der Waals surface area contributed by atoms with Crippen LogP contribution in [0.5, 0.6) is 5.88 Å². The molecule has 0 spiro atoms. The number of hydrogen-bond donors (Lipinski definition) is 0. The molecule has 3 aromatic heterocycles. The molecule has 1 fully saturated rings. The van der Waals surface area contributed by atoms with Crippen molar-refractivity contribution in [2.45, 2.75) is 44.1 Å². The molecule has 1 aliphatic rings. The van der Waals surface area contributed by atoms with Crippen LogP contribution in [0.3, 0.4) is 0 Å². The average molecular weight is 436 g/mol. The molecule has 3 heterocycles. The third-order valence-electron chi connectivity index (χ3n) is 5.63. The van der Waals surface area contributed by atoms with Gasteiger partial charge in [0, 0.05) is 35.0 Å². The van der Waals surface area contributed by atoms with Crippen molar-refractivity contribution in [1.29, 1.82) is 0 Å². The summed E-state index contributed by atoms with van der Waals surface area (Å²) in [6.45, 7) is 0. The topological polar surface area (TPSA) is 78.9 Å². The predicted octanol–water partition coefficient (Wildman–Crippen LogP) is 5.00. The fraction of sp³-hybridized carbons (Fsp3) is 0.304. The highest BCUT2D eigenvalue weighted by molar-refractivity contribution is 6.30. The number of ether oxygens (including phenoxy) is 1. The van der Waals surface area contributed by atoms with Gasteiger partial charge in [-0.05, 0) is 56.0 Å². The summed E-state index contributed by atoms with van der Waals surface area (Å²) < 4.78 is 13.5. The van der Waals surface area contributed by atoms with E-state index in [1.807, 2.05) is 48.5 Å². The van der Waals surface area contributed by atoms with E-state index in [1.54, 1.807) is 12.4 Å². The molecule has 0 N–H and O–H groups in total. The van der Waals surface area contributed by atoms with Gasteiger partial charge in [0.2, 0.25) is 5.88 Å². The second-order valence-corrected chi connectivity index (χ2v) is 8.14. The van der Waals surface area contributed by atoms with E-state index in [-0.39, 0.29) is 6.10 Å². The molecule has 31 heavy (non-hydrogen) atoms. The number of benzene rings is 1. The summed E-state index contributed by atoms with van der Waals surface area (Å²) in [5.41, 5.74) is 0.991. The van der Waals surface area contributed by atoms with Gasteiger partial charge >= 0.3 is 0 Å². The Balaban J connectivity index is 1.37. The van der Waals surface area contributed by atoms with Gasteiger partial charge in [-0.15, -0.1) is 10.2 Å². The lowest BCUT2D eigenvalue weighted by Gasteiger charge is -2.28. The predicted molar refractivity (Wildman–Crippen MR) is 116 cm³/mol. The lowest BCUT2D eigenvalue weighted by molar-refractivity contribution is 0.139. The first-order valence-corrected chi connectivity index (χ1v) is 10.8. The molecule has 0 saturated heterocycles. The summed E-state index contributed by atoms with van der Waals surface area (Å²) in [6, 6.07) is 15.3. The van der Waals surface area contributed by atoms with Crippen LogP contribution >= 0.6 is 11.6 Å². The quantitative estimate of drug-likeness (QED) is 0.424. The first kappa shape index (κ1) is 19.8. The molecule has 1 saturated carbocycles. The van der Waals surface area contributed by atoms with Crippen LogP contribution in [0, 0.1) is 0 Å². The first-order chi connectivity index (χ1) is 15.3. The maximum atomic E-state index is 6.12. The van der Waals surface area contributed by atoms with Crippen LogP contribution in [-0.2, 0) is 6.42 Å². The van der Waals surface area contributed by atoms with Gasteiger partial charge in [-0.2, -0.15) is 0 Å². The molecular weight excluding hydrogens is 414 g/mol. The number of pyridine rings is 1. The third kappa shape index (κ3) is 4.46. The van der Waals surface area contributed by atoms with Crippen molar-refractivity contribution in [3.8, 4) is 11.6 Å². The van der Waals surface area contributed by atoms with E-state index >= 15 is 0 Å². The van der Waals surface area contributed by atoms with Crippen LogP contribution in [0.1, 0.15) is 49.0 Å². The van der Waals surface area contributed by atoms with Crippen LogP contribution in [0.2, 0.25) is 5.02 Å². The zero-order valence-electron chi connectivity index (χ0n) is 16.9. The number of hydrogen-bond acceptors (Lipinski definition) is 6. The number of nitrogens with zero attached hydrogens (tertiary/aromatic N) is 5. The Morgan fingerprint density at radius 3 is 2.52 bits per heavy atom. The minimum Gasteiger partial charge on any atom is -0.474 e. The Morgan fingerprint density at radius 1 is 0.968 bits per heavy atom. The normalized spacial score (nSPS) is 18.7. The number of rotatable bonds is 6. The third-order valence-corrected chi connectivity index (χ3v) is 5.88. The van der Waals surface area contributed by atoms with E-state index in [0.29, 0.717) is 23.2 Å². The standard InChI is InChI=1S/C23H22ClN5O2/c24-17-6-8-18(9-7-17)29-21(15-20-12-14-26-31-20)27-28-23(29)16-4-10-19(11-5-16)30-22-3-1-2-13-25-22/h1-3,6-9,12-14,16,19H,4-5,10-11,15H2. The fourth-order valence-corrected chi connectivity index (χ4v) is 4.22. The van der Waals surface area contributed by atoms with Gasteiger partial charge in [-0.3, -0.25) is 4.57 Å². The van der Waals surface area contributed by atoms with Gasteiger partial charge < -0.3 is 9.26 Å². The Morgan fingerprint density at radius 2 is 1.81 bits per heavy atom. The summed E-state index contributed by atoms with van der Waals surface area (Å²) in [5.74, 6) is 3.52. The summed E-state index contributed by atoms with van der Waals surface area (Å²) in [4.78, 5) is 4.28. The lowest BCUT2D eigenvalue weighted by Crippen LogP contribution is -2.25. The molecular formula is C23H22ClN5O2. The van der Waals surface area contributed by atoms with Crippen molar-refractivity contribution in [1.82, 2.24) is 24.9 Å². The minimum atomic E-state index is 0.173. The van der Waals surface area contributed by atoms with Crippen LogP contribution in [0.25, 0.3) is 5.69 Å². The molecule has 1 aromatic carbocycles. The van der Waals surface area contributed by atoms with Gasteiger partial charge in [0.15, 0.2) is 0 Å². The Labute approximate surface area is 185 Å². The maximum absolute atomic E-state index is 6.12. The van der Waals surface area contributed by atoms with Gasteiger partial charge in [-0.25, -0.2) is 4.98 Å². The second kappa shape index (κ2) is 8.89. The second-order valence-electron chi connectivity index (χ2n) is 7.70. The van der Waals surface area contributed by atoms with E-state index in [0.717, 1.165) is 48.8 Å². The molecule has 0 unspecified atom stereocenters.